The molecular formula is C20H19N3O2S. The largest absolute Gasteiger partial charge is 0.339 e. The average molecular weight is 365 g/mol. The van der Waals surface area contributed by atoms with Crippen LogP contribution in [-0.2, 0) is 17.6 Å². The number of carbonyl (C=O) groups is 1. The van der Waals surface area contributed by atoms with Crippen molar-refractivity contribution >= 4 is 23.4 Å². The SMILES string of the molecule is CCc1nc(-c2ccc3c(c2)CCN3C(=O)CSc2ccccc2)no1. The predicted molar refractivity (Wildman–Crippen MR) is 102 cm³/mol. The van der Waals surface area contributed by atoms with Gasteiger partial charge in [-0.3, -0.25) is 4.79 Å². The van der Waals surface area contributed by atoms with E-state index >= 15 is 0 Å². The maximum atomic E-state index is 12.6. The molecule has 1 aromatic heterocycles. The Hall–Kier alpha value is -2.60. The molecule has 4 rings (SSSR count). The second-order valence-electron chi connectivity index (χ2n) is 6.11. The zero-order chi connectivity index (χ0) is 17.9. The molecule has 2 aromatic carbocycles. The van der Waals surface area contributed by atoms with E-state index < -0.39 is 0 Å². The van der Waals surface area contributed by atoms with Crippen LogP contribution >= 0.6 is 11.8 Å². The Kier molecular flexibility index (Phi) is 4.75. The fourth-order valence-electron chi connectivity index (χ4n) is 3.06. The molecule has 2 heterocycles. The van der Waals surface area contributed by atoms with Crippen molar-refractivity contribution in [2.45, 2.75) is 24.7 Å². The molecule has 0 aliphatic carbocycles. The summed E-state index contributed by atoms with van der Waals surface area (Å²) in [4.78, 5) is 20.0. The number of thioether (sulfide) groups is 1. The van der Waals surface area contributed by atoms with E-state index in [0.717, 1.165) is 41.1 Å². The van der Waals surface area contributed by atoms with Crippen LogP contribution in [0.5, 0.6) is 0 Å². The van der Waals surface area contributed by atoms with Crippen molar-refractivity contribution in [3.05, 3.63) is 60.0 Å². The lowest BCUT2D eigenvalue weighted by molar-refractivity contribution is -0.116. The van der Waals surface area contributed by atoms with Crippen molar-refractivity contribution in [2.24, 2.45) is 0 Å². The average Bonchev–Trinajstić information content (AvgIpc) is 3.33. The molecule has 6 heteroatoms. The van der Waals surface area contributed by atoms with Crippen molar-refractivity contribution in [1.82, 2.24) is 10.1 Å². The van der Waals surface area contributed by atoms with E-state index in [-0.39, 0.29) is 5.91 Å². The summed E-state index contributed by atoms with van der Waals surface area (Å²) in [5.41, 5.74) is 3.08. The maximum absolute atomic E-state index is 12.6. The van der Waals surface area contributed by atoms with E-state index in [2.05, 4.69) is 16.2 Å². The maximum Gasteiger partial charge on any atom is 0.237 e. The molecule has 0 fully saturated rings. The normalized spacial score (nSPS) is 13.0. The Morgan fingerprint density at radius 1 is 1.23 bits per heavy atom. The molecule has 132 valence electrons. The highest BCUT2D eigenvalue weighted by Gasteiger charge is 2.25. The first kappa shape index (κ1) is 16.8. The van der Waals surface area contributed by atoms with Gasteiger partial charge in [0.2, 0.25) is 17.6 Å². The van der Waals surface area contributed by atoms with Crippen LogP contribution in [0.4, 0.5) is 5.69 Å². The monoisotopic (exact) mass is 365 g/mol. The number of rotatable bonds is 5. The third-order valence-corrected chi connectivity index (χ3v) is 5.41. The molecule has 0 N–H and O–H groups in total. The number of hydrogen-bond acceptors (Lipinski definition) is 5. The van der Waals surface area contributed by atoms with Crippen molar-refractivity contribution in [2.75, 3.05) is 17.2 Å². The third kappa shape index (κ3) is 3.37. The van der Waals surface area contributed by atoms with Crippen molar-refractivity contribution in [3.8, 4) is 11.4 Å². The number of nitrogens with zero attached hydrogens (tertiary/aromatic N) is 3. The Morgan fingerprint density at radius 3 is 2.85 bits per heavy atom. The zero-order valence-corrected chi connectivity index (χ0v) is 15.3. The molecule has 5 nitrogen and oxygen atoms in total. The number of aryl methyl sites for hydroxylation is 1. The standard InChI is InChI=1S/C20H19N3O2S/c1-2-18-21-20(22-25-18)15-8-9-17-14(12-15)10-11-23(17)19(24)13-26-16-6-4-3-5-7-16/h3-9,12H,2,10-11,13H2,1H3. The minimum atomic E-state index is 0.137. The molecular weight excluding hydrogens is 346 g/mol. The van der Waals surface area contributed by atoms with Gasteiger partial charge in [0.15, 0.2) is 0 Å². The summed E-state index contributed by atoms with van der Waals surface area (Å²) < 4.78 is 5.19. The van der Waals surface area contributed by atoms with Crippen LogP contribution in [0.1, 0.15) is 18.4 Å². The Morgan fingerprint density at radius 2 is 2.08 bits per heavy atom. The van der Waals surface area contributed by atoms with Gasteiger partial charge in [0.05, 0.1) is 5.75 Å². The fraction of sp³-hybridized carbons (Fsp3) is 0.250. The van der Waals surface area contributed by atoms with Crippen LogP contribution < -0.4 is 4.90 Å². The molecule has 3 aromatic rings. The van der Waals surface area contributed by atoms with E-state index in [0.29, 0.717) is 17.5 Å². The van der Waals surface area contributed by atoms with Gasteiger partial charge in [0.1, 0.15) is 0 Å². The summed E-state index contributed by atoms with van der Waals surface area (Å²) in [6.07, 6.45) is 1.57. The van der Waals surface area contributed by atoms with E-state index in [1.165, 1.54) is 0 Å². The highest BCUT2D eigenvalue weighted by molar-refractivity contribution is 8.00. The van der Waals surface area contributed by atoms with Crippen molar-refractivity contribution in [3.63, 3.8) is 0 Å². The van der Waals surface area contributed by atoms with Crippen LogP contribution in [0.15, 0.2) is 57.9 Å². The summed E-state index contributed by atoms with van der Waals surface area (Å²) in [5, 5.41) is 4.03. The van der Waals surface area contributed by atoms with E-state index in [1.54, 1.807) is 11.8 Å². The number of carbonyl (C=O) groups excluding carboxylic acids is 1. The lowest BCUT2D eigenvalue weighted by Gasteiger charge is -2.17. The van der Waals surface area contributed by atoms with Gasteiger partial charge in [-0.25, -0.2) is 0 Å². The first-order valence-electron chi connectivity index (χ1n) is 8.68. The van der Waals surface area contributed by atoms with Crippen molar-refractivity contribution in [1.29, 1.82) is 0 Å². The fourth-order valence-corrected chi connectivity index (χ4v) is 3.85. The second kappa shape index (κ2) is 7.33. The second-order valence-corrected chi connectivity index (χ2v) is 7.15. The molecule has 0 atom stereocenters. The first-order chi connectivity index (χ1) is 12.7. The molecule has 0 unspecified atom stereocenters. The van der Waals surface area contributed by atoms with Crippen LogP contribution in [0, 0.1) is 0 Å². The van der Waals surface area contributed by atoms with Gasteiger partial charge in [-0.2, -0.15) is 4.98 Å². The van der Waals surface area contributed by atoms with E-state index in [9.17, 15) is 4.79 Å². The van der Waals surface area contributed by atoms with Crippen LogP contribution in [0.2, 0.25) is 0 Å². The highest BCUT2D eigenvalue weighted by atomic mass is 32.2. The van der Waals surface area contributed by atoms with Gasteiger partial charge < -0.3 is 9.42 Å². The number of fused-ring (bicyclic) bond motifs is 1. The summed E-state index contributed by atoms with van der Waals surface area (Å²) in [5.74, 6) is 1.82. The molecule has 0 saturated heterocycles. The van der Waals surface area contributed by atoms with Gasteiger partial charge in [-0.05, 0) is 42.3 Å². The molecule has 1 aliphatic heterocycles. The minimum absolute atomic E-state index is 0.137. The Bertz CT molecular complexity index is 924. The summed E-state index contributed by atoms with van der Waals surface area (Å²) >= 11 is 1.57. The number of aromatic nitrogens is 2. The summed E-state index contributed by atoms with van der Waals surface area (Å²) in [6.45, 7) is 2.70. The lowest BCUT2D eigenvalue weighted by Crippen LogP contribution is -2.30. The molecule has 0 spiro atoms. The van der Waals surface area contributed by atoms with Crippen LogP contribution in [-0.4, -0.2) is 28.3 Å². The Balaban J connectivity index is 1.48. The number of amides is 1. The van der Waals surface area contributed by atoms with Gasteiger partial charge >= 0.3 is 0 Å². The number of benzene rings is 2. The first-order valence-corrected chi connectivity index (χ1v) is 9.67. The summed E-state index contributed by atoms with van der Waals surface area (Å²) in [6, 6.07) is 16.0. The highest BCUT2D eigenvalue weighted by Crippen LogP contribution is 2.32. The lowest BCUT2D eigenvalue weighted by atomic mass is 10.1. The quantitative estimate of drug-likeness (QED) is 0.640. The van der Waals surface area contributed by atoms with E-state index in [4.69, 9.17) is 4.52 Å². The van der Waals surface area contributed by atoms with Gasteiger partial charge in [-0.1, -0.05) is 30.3 Å². The molecule has 1 aliphatic rings. The van der Waals surface area contributed by atoms with Gasteiger partial charge in [0.25, 0.3) is 0 Å². The minimum Gasteiger partial charge on any atom is -0.339 e. The zero-order valence-electron chi connectivity index (χ0n) is 14.5. The van der Waals surface area contributed by atoms with Crippen LogP contribution in [0.25, 0.3) is 11.4 Å². The topological polar surface area (TPSA) is 59.2 Å². The molecule has 1 amide bonds. The number of hydrogen-bond donors (Lipinski definition) is 0. The van der Waals surface area contributed by atoms with Gasteiger partial charge in [-0.15, -0.1) is 11.8 Å². The molecule has 0 saturated carbocycles. The molecule has 0 radical (unpaired) electrons. The van der Waals surface area contributed by atoms with Gasteiger partial charge in [0, 0.05) is 29.1 Å². The number of anilines is 1. The van der Waals surface area contributed by atoms with Crippen molar-refractivity contribution < 1.29 is 9.32 Å². The predicted octanol–water partition coefficient (Wildman–Crippen LogP) is 3.98. The molecule has 26 heavy (non-hydrogen) atoms. The summed E-state index contributed by atoms with van der Waals surface area (Å²) in [7, 11) is 0. The third-order valence-electron chi connectivity index (χ3n) is 4.41. The van der Waals surface area contributed by atoms with Crippen LogP contribution in [0.3, 0.4) is 0 Å². The van der Waals surface area contributed by atoms with E-state index in [1.807, 2.05) is 54.3 Å². The Labute approximate surface area is 156 Å². The molecule has 0 bridgehead atoms. The smallest absolute Gasteiger partial charge is 0.237 e.